The quantitative estimate of drug-likeness (QED) is 0.506. The number of fused-ring (bicyclic) bond motifs is 1. The Labute approximate surface area is 168 Å². The Balaban J connectivity index is 1.55. The van der Waals surface area contributed by atoms with Crippen molar-refractivity contribution in [2.24, 2.45) is 0 Å². The van der Waals surface area contributed by atoms with Gasteiger partial charge in [-0.15, -0.1) is 11.3 Å². The van der Waals surface area contributed by atoms with Crippen LogP contribution in [0.2, 0.25) is 0 Å². The summed E-state index contributed by atoms with van der Waals surface area (Å²) in [6, 6.07) is 18.2. The van der Waals surface area contributed by atoms with Crippen LogP contribution in [0.15, 0.2) is 54.6 Å². The Bertz CT molecular complexity index is 1100. The van der Waals surface area contributed by atoms with Crippen molar-refractivity contribution in [1.29, 1.82) is 0 Å². The van der Waals surface area contributed by atoms with Crippen molar-refractivity contribution < 1.29 is 4.79 Å². The highest BCUT2D eigenvalue weighted by molar-refractivity contribution is 7.18. The van der Waals surface area contributed by atoms with Crippen molar-refractivity contribution in [2.75, 3.05) is 7.05 Å². The third-order valence-corrected chi connectivity index (χ3v) is 5.85. The van der Waals surface area contributed by atoms with E-state index in [0.717, 1.165) is 32.2 Å². The summed E-state index contributed by atoms with van der Waals surface area (Å²) in [6.45, 7) is 5.00. The van der Waals surface area contributed by atoms with Gasteiger partial charge in [-0.25, -0.2) is 4.98 Å². The van der Waals surface area contributed by atoms with Gasteiger partial charge in [0.25, 0.3) is 5.91 Å². The fourth-order valence-corrected chi connectivity index (χ4v) is 4.39. The predicted molar refractivity (Wildman–Crippen MR) is 113 cm³/mol. The molecule has 4 aromatic rings. The molecular weight excluding hydrogens is 368 g/mol. The highest BCUT2D eigenvalue weighted by Crippen LogP contribution is 2.23. The molecule has 0 N–H and O–H groups in total. The number of hydrogen-bond acceptors (Lipinski definition) is 4. The van der Waals surface area contributed by atoms with E-state index in [1.54, 1.807) is 16.2 Å². The van der Waals surface area contributed by atoms with E-state index in [9.17, 15) is 4.79 Å². The number of thiazole rings is 1. The van der Waals surface area contributed by atoms with Crippen molar-refractivity contribution >= 4 is 27.5 Å². The van der Waals surface area contributed by atoms with E-state index >= 15 is 0 Å². The van der Waals surface area contributed by atoms with Crippen molar-refractivity contribution in [3.8, 4) is 0 Å². The summed E-state index contributed by atoms with van der Waals surface area (Å²) in [5, 5.41) is 5.54. The Morgan fingerprint density at radius 2 is 1.79 bits per heavy atom. The lowest BCUT2D eigenvalue weighted by Crippen LogP contribution is -2.27. The van der Waals surface area contributed by atoms with E-state index in [1.807, 2.05) is 62.0 Å². The first kappa shape index (κ1) is 18.4. The number of benzene rings is 2. The van der Waals surface area contributed by atoms with Gasteiger partial charge in [0.1, 0.15) is 5.01 Å². The van der Waals surface area contributed by atoms with Gasteiger partial charge < -0.3 is 4.90 Å². The van der Waals surface area contributed by atoms with E-state index in [0.29, 0.717) is 18.7 Å². The molecule has 0 saturated carbocycles. The molecule has 0 aliphatic rings. The Morgan fingerprint density at radius 3 is 2.54 bits per heavy atom. The zero-order valence-corrected chi connectivity index (χ0v) is 17.0. The second-order valence-electron chi connectivity index (χ2n) is 6.93. The first-order chi connectivity index (χ1) is 13.5. The van der Waals surface area contributed by atoms with Crippen LogP contribution in [0, 0.1) is 13.8 Å². The van der Waals surface area contributed by atoms with Gasteiger partial charge in [-0.3, -0.25) is 9.48 Å². The van der Waals surface area contributed by atoms with Crippen molar-refractivity contribution in [1.82, 2.24) is 19.7 Å². The molecule has 0 radical (unpaired) electrons. The van der Waals surface area contributed by atoms with Crippen LogP contribution in [-0.2, 0) is 13.1 Å². The summed E-state index contributed by atoms with van der Waals surface area (Å²) in [5.41, 5.74) is 4.47. The molecule has 2 heterocycles. The van der Waals surface area contributed by atoms with Gasteiger partial charge in [0, 0.05) is 12.7 Å². The molecule has 0 aliphatic carbocycles. The number of hydrogen-bond donors (Lipinski definition) is 0. The maximum Gasteiger partial charge on any atom is 0.257 e. The molecule has 0 unspecified atom stereocenters. The van der Waals surface area contributed by atoms with E-state index < -0.39 is 0 Å². The van der Waals surface area contributed by atoms with Gasteiger partial charge in [-0.2, -0.15) is 5.10 Å². The molecule has 28 heavy (non-hydrogen) atoms. The normalized spacial score (nSPS) is 11.1. The Hall–Kier alpha value is -2.99. The van der Waals surface area contributed by atoms with Crippen LogP contribution in [0.1, 0.15) is 32.3 Å². The number of carbonyl (C=O) groups is 1. The number of rotatable bonds is 5. The van der Waals surface area contributed by atoms with Gasteiger partial charge in [-0.05, 0) is 31.5 Å². The van der Waals surface area contributed by atoms with Crippen molar-refractivity contribution in [3.63, 3.8) is 0 Å². The lowest BCUT2D eigenvalue weighted by molar-refractivity contribution is 0.0783. The first-order valence-corrected chi connectivity index (χ1v) is 10.0. The molecule has 0 aliphatic heterocycles. The fraction of sp³-hybridized carbons (Fsp3) is 0.227. The fourth-order valence-electron chi connectivity index (χ4n) is 3.37. The molecule has 6 heteroatoms. The minimum Gasteiger partial charge on any atom is -0.335 e. The zero-order valence-electron chi connectivity index (χ0n) is 16.2. The van der Waals surface area contributed by atoms with Crippen LogP contribution in [0.3, 0.4) is 0 Å². The topological polar surface area (TPSA) is 51.0 Å². The molecule has 4 rings (SSSR count). The lowest BCUT2D eigenvalue weighted by Gasteiger charge is -2.16. The van der Waals surface area contributed by atoms with E-state index in [2.05, 4.69) is 28.3 Å². The maximum absolute atomic E-state index is 13.1. The predicted octanol–water partition coefficient (Wildman–Crippen LogP) is 4.43. The average Bonchev–Trinajstić information content (AvgIpc) is 3.22. The monoisotopic (exact) mass is 390 g/mol. The maximum atomic E-state index is 13.1. The van der Waals surface area contributed by atoms with Crippen LogP contribution in [-0.4, -0.2) is 32.6 Å². The molecule has 142 valence electrons. The van der Waals surface area contributed by atoms with E-state index in [-0.39, 0.29) is 5.91 Å². The van der Waals surface area contributed by atoms with Crippen LogP contribution in [0.25, 0.3) is 10.2 Å². The number of amides is 1. The van der Waals surface area contributed by atoms with Gasteiger partial charge in [0.2, 0.25) is 0 Å². The third-order valence-electron chi connectivity index (χ3n) is 4.83. The van der Waals surface area contributed by atoms with E-state index in [4.69, 9.17) is 0 Å². The summed E-state index contributed by atoms with van der Waals surface area (Å²) in [5.74, 6) is -0.0198. The summed E-state index contributed by atoms with van der Waals surface area (Å²) < 4.78 is 3.05. The molecule has 0 atom stereocenters. The second-order valence-corrected chi connectivity index (χ2v) is 8.04. The standard InChI is InChI=1S/C22H22N4OS/c1-15-21(16(2)26(24-15)13-17-9-5-4-6-10-17)22(27)25(3)14-20-23-18-11-7-8-12-19(18)28-20/h4-12H,13-14H2,1-3H3. The van der Waals surface area contributed by atoms with Crippen LogP contribution in [0.4, 0.5) is 0 Å². The molecule has 2 aromatic heterocycles. The number of para-hydroxylation sites is 1. The summed E-state index contributed by atoms with van der Waals surface area (Å²) >= 11 is 1.63. The number of aryl methyl sites for hydroxylation is 1. The van der Waals surface area contributed by atoms with Gasteiger partial charge >= 0.3 is 0 Å². The van der Waals surface area contributed by atoms with Gasteiger partial charge in [-0.1, -0.05) is 42.5 Å². The Kier molecular flexibility index (Phi) is 4.96. The SMILES string of the molecule is Cc1nn(Cc2ccccc2)c(C)c1C(=O)N(C)Cc1nc2ccccc2s1. The van der Waals surface area contributed by atoms with Crippen molar-refractivity contribution in [2.45, 2.75) is 26.9 Å². The minimum absolute atomic E-state index is 0.0198. The third kappa shape index (κ3) is 3.55. The highest BCUT2D eigenvalue weighted by Gasteiger charge is 2.22. The molecule has 0 spiro atoms. The summed E-state index contributed by atoms with van der Waals surface area (Å²) in [4.78, 5) is 19.5. The largest absolute Gasteiger partial charge is 0.335 e. The Morgan fingerprint density at radius 1 is 1.07 bits per heavy atom. The van der Waals surface area contributed by atoms with E-state index in [1.165, 1.54) is 0 Å². The number of nitrogens with zero attached hydrogens (tertiary/aromatic N) is 4. The molecule has 0 bridgehead atoms. The van der Waals surface area contributed by atoms with Crippen LogP contribution in [0.5, 0.6) is 0 Å². The van der Waals surface area contributed by atoms with Gasteiger partial charge in [0.15, 0.2) is 0 Å². The molecular formula is C22H22N4OS. The molecule has 5 nitrogen and oxygen atoms in total. The number of carbonyl (C=O) groups excluding carboxylic acids is 1. The number of aromatic nitrogens is 3. The molecule has 2 aromatic carbocycles. The minimum atomic E-state index is -0.0198. The molecule has 1 amide bonds. The summed E-state index contributed by atoms with van der Waals surface area (Å²) in [7, 11) is 1.82. The first-order valence-electron chi connectivity index (χ1n) is 9.21. The highest BCUT2D eigenvalue weighted by atomic mass is 32.1. The second kappa shape index (κ2) is 7.56. The van der Waals surface area contributed by atoms with Crippen LogP contribution < -0.4 is 0 Å². The molecule has 0 saturated heterocycles. The van der Waals surface area contributed by atoms with Crippen LogP contribution >= 0.6 is 11.3 Å². The lowest BCUT2D eigenvalue weighted by atomic mass is 10.1. The summed E-state index contributed by atoms with van der Waals surface area (Å²) in [6.07, 6.45) is 0. The van der Waals surface area contributed by atoms with Gasteiger partial charge in [0.05, 0.1) is 34.6 Å². The zero-order chi connectivity index (χ0) is 19.7. The van der Waals surface area contributed by atoms with Crippen molar-refractivity contribution in [3.05, 3.63) is 82.1 Å². The smallest absolute Gasteiger partial charge is 0.257 e. The average molecular weight is 391 g/mol. The molecule has 0 fully saturated rings.